The molecule has 4 rings (SSSR count). The maximum Gasteiger partial charge on any atom is 0.404 e. The van der Waals surface area contributed by atoms with Gasteiger partial charge in [-0.25, -0.2) is 9.48 Å². The number of carbonyl (C=O) groups excluding carboxylic acids is 4. The number of benzene rings is 1. The third-order valence-corrected chi connectivity index (χ3v) is 6.08. The first kappa shape index (κ1) is 27.7. The molecule has 1 fully saturated rings. The average Bonchev–Trinajstić information content (AvgIpc) is 3.44. The van der Waals surface area contributed by atoms with Crippen LogP contribution in [0.25, 0.3) is 0 Å². The Balaban J connectivity index is 1.21. The van der Waals surface area contributed by atoms with Crippen molar-refractivity contribution < 1.29 is 43.3 Å². The highest BCUT2D eigenvalue weighted by atomic mass is 16.5. The Kier molecular flexibility index (Phi) is 9.17. The van der Waals surface area contributed by atoms with Crippen LogP contribution in [-0.4, -0.2) is 100 Å². The third kappa shape index (κ3) is 6.94. The Labute approximate surface area is 222 Å². The van der Waals surface area contributed by atoms with E-state index < -0.39 is 35.8 Å². The van der Waals surface area contributed by atoms with Gasteiger partial charge < -0.3 is 24.6 Å². The van der Waals surface area contributed by atoms with Crippen LogP contribution in [-0.2, 0) is 32.0 Å². The summed E-state index contributed by atoms with van der Waals surface area (Å²) in [5.41, 5.74) is 1.14. The lowest BCUT2D eigenvalue weighted by Gasteiger charge is -2.27. The maximum absolute atomic E-state index is 12.9. The number of carboxylic acid groups (broad SMARTS) is 1. The zero-order valence-electron chi connectivity index (χ0n) is 21.0. The largest absolute Gasteiger partial charge is 0.493 e. The van der Waals surface area contributed by atoms with Gasteiger partial charge in [0.15, 0.2) is 0 Å². The van der Waals surface area contributed by atoms with Gasteiger partial charge in [-0.3, -0.25) is 29.4 Å². The topological polar surface area (TPSA) is 191 Å². The van der Waals surface area contributed by atoms with Crippen molar-refractivity contribution in [2.75, 3.05) is 39.6 Å². The molecular weight excluding hydrogens is 516 g/mol. The summed E-state index contributed by atoms with van der Waals surface area (Å²) < 4.78 is 18.2. The van der Waals surface area contributed by atoms with Crippen LogP contribution >= 0.6 is 0 Å². The normalized spacial score (nSPS) is 16.8. The molecule has 0 saturated carbocycles. The highest BCUT2D eigenvalue weighted by Gasteiger charge is 2.44. The molecule has 0 radical (unpaired) electrons. The molecule has 3 heterocycles. The van der Waals surface area contributed by atoms with Crippen molar-refractivity contribution >= 4 is 29.7 Å². The Morgan fingerprint density at radius 2 is 1.82 bits per heavy atom. The van der Waals surface area contributed by atoms with Crippen LogP contribution < -0.4 is 15.4 Å². The minimum Gasteiger partial charge on any atom is -0.493 e. The number of hydrogen-bond acceptors (Lipinski definition) is 10. The lowest BCUT2D eigenvalue weighted by Crippen LogP contribution is -2.54. The Hall–Kier alpha value is -4.37. The van der Waals surface area contributed by atoms with E-state index in [2.05, 4.69) is 20.9 Å². The summed E-state index contributed by atoms with van der Waals surface area (Å²) in [4.78, 5) is 60.6. The molecule has 15 nitrogen and oxygen atoms in total. The van der Waals surface area contributed by atoms with E-state index in [-0.39, 0.29) is 43.7 Å². The number of aromatic nitrogens is 3. The highest BCUT2D eigenvalue weighted by molar-refractivity contribution is 6.23. The molecule has 2 aromatic rings. The predicted octanol–water partition coefficient (Wildman–Crippen LogP) is -0.398. The lowest BCUT2D eigenvalue weighted by atomic mass is 10.0. The number of ether oxygens (including phenoxy) is 3. The monoisotopic (exact) mass is 544 g/mol. The molecule has 3 N–H and O–H groups in total. The number of nitrogens with zero attached hydrogens (tertiary/aromatic N) is 4. The lowest BCUT2D eigenvalue weighted by molar-refractivity contribution is -0.136. The second-order valence-corrected chi connectivity index (χ2v) is 8.66. The molecule has 0 spiro atoms. The van der Waals surface area contributed by atoms with E-state index in [4.69, 9.17) is 19.3 Å². The molecule has 5 amide bonds. The molecule has 1 aromatic carbocycles. The molecule has 1 saturated heterocycles. The van der Waals surface area contributed by atoms with E-state index in [1.165, 1.54) is 12.1 Å². The fourth-order valence-corrected chi connectivity index (χ4v) is 4.18. The molecule has 39 heavy (non-hydrogen) atoms. The smallest absolute Gasteiger partial charge is 0.404 e. The van der Waals surface area contributed by atoms with E-state index in [1.54, 1.807) is 16.9 Å². The molecule has 208 valence electrons. The van der Waals surface area contributed by atoms with Crippen molar-refractivity contribution in [3.05, 3.63) is 41.2 Å². The first-order valence-electron chi connectivity index (χ1n) is 12.3. The van der Waals surface area contributed by atoms with Crippen molar-refractivity contribution in [1.29, 1.82) is 0 Å². The predicted molar refractivity (Wildman–Crippen MR) is 130 cm³/mol. The molecule has 0 aliphatic carbocycles. The molecule has 15 heteroatoms. The zero-order valence-corrected chi connectivity index (χ0v) is 21.0. The maximum atomic E-state index is 12.9. The minimum absolute atomic E-state index is 0.0538. The van der Waals surface area contributed by atoms with Crippen LogP contribution in [0, 0.1) is 0 Å². The fraction of sp³-hybridized carbons (Fsp3) is 0.458. The highest BCUT2D eigenvalue weighted by Crippen LogP contribution is 2.30. The second kappa shape index (κ2) is 12.9. The van der Waals surface area contributed by atoms with Crippen molar-refractivity contribution in [2.45, 2.75) is 31.8 Å². The van der Waals surface area contributed by atoms with E-state index in [9.17, 15) is 24.0 Å². The van der Waals surface area contributed by atoms with Crippen LogP contribution in [0.1, 0.15) is 39.3 Å². The molecular formula is C24H28N6O9. The van der Waals surface area contributed by atoms with Gasteiger partial charge in [0.05, 0.1) is 62.6 Å². The number of carbonyl (C=O) groups is 5. The summed E-state index contributed by atoms with van der Waals surface area (Å²) in [7, 11) is 0. The van der Waals surface area contributed by atoms with Crippen molar-refractivity contribution in [1.82, 2.24) is 30.5 Å². The quantitative estimate of drug-likeness (QED) is 0.207. The Morgan fingerprint density at radius 3 is 2.59 bits per heavy atom. The molecule has 1 atom stereocenters. The first-order valence-corrected chi connectivity index (χ1v) is 12.3. The molecule has 1 aromatic heterocycles. The van der Waals surface area contributed by atoms with Gasteiger partial charge in [0.25, 0.3) is 11.8 Å². The van der Waals surface area contributed by atoms with Crippen LogP contribution in [0.15, 0.2) is 24.4 Å². The van der Waals surface area contributed by atoms with Crippen molar-refractivity contribution in [2.24, 2.45) is 0 Å². The van der Waals surface area contributed by atoms with Crippen LogP contribution in [0.4, 0.5) is 4.79 Å². The number of fused-ring (bicyclic) bond motifs is 1. The number of hydrogen-bond donors (Lipinski definition) is 3. The van der Waals surface area contributed by atoms with Gasteiger partial charge in [0.1, 0.15) is 11.8 Å². The Bertz CT molecular complexity index is 1250. The van der Waals surface area contributed by atoms with Crippen LogP contribution in [0.3, 0.4) is 0 Å². The number of imide groups is 2. The average molecular weight is 545 g/mol. The summed E-state index contributed by atoms with van der Waals surface area (Å²) >= 11 is 0. The van der Waals surface area contributed by atoms with Gasteiger partial charge in [-0.05, 0) is 24.6 Å². The van der Waals surface area contributed by atoms with Gasteiger partial charge in [-0.2, -0.15) is 0 Å². The van der Waals surface area contributed by atoms with Crippen LogP contribution in [0.5, 0.6) is 5.75 Å². The number of piperidine rings is 1. The van der Waals surface area contributed by atoms with Crippen molar-refractivity contribution in [3.63, 3.8) is 0 Å². The SMILES string of the molecule is O=C(O)NCCOCCOCCn1nncc1CCOc1ccc2c(c1)C(=O)N(C1CCC(=O)NC1=O)C2=O. The molecule has 2 aliphatic heterocycles. The Morgan fingerprint density at radius 1 is 1.05 bits per heavy atom. The fourth-order valence-electron chi connectivity index (χ4n) is 4.18. The van der Waals surface area contributed by atoms with Gasteiger partial charge in [0, 0.05) is 19.4 Å². The van der Waals surface area contributed by atoms with Gasteiger partial charge >= 0.3 is 6.09 Å². The second-order valence-electron chi connectivity index (χ2n) is 8.66. The zero-order chi connectivity index (χ0) is 27.8. The molecule has 0 bridgehead atoms. The van der Waals surface area contributed by atoms with Gasteiger partial charge in [-0.1, -0.05) is 5.21 Å². The number of rotatable bonds is 14. The van der Waals surface area contributed by atoms with Crippen molar-refractivity contribution in [3.8, 4) is 5.75 Å². The summed E-state index contributed by atoms with van der Waals surface area (Å²) in [6, 6.07) is 3.53. The summed E-state index contributed by atoms with van der Waals surface area (Å²) in [5.74, 6) is -1.87. The van der Waals surface area contributed by atoms with E-state index in [0.717, 1.165) is 10.6 Å². The number of nitrogens with one attached hydrogen (secondary N) is 2. The molecule has 1 unspecified atom stereocenters. The summed E-state index contributed by atoms with van der Waals surface area (Å²) in [6.45, 7) is 2.24. The van der Waals surface area contributed by atoms with Gasteiger partial charge in [0.2, 0.25) is 11.8 Å². The standard InChI is InChI=1S/C24H28N6O9/c31-20-4-3-19(21(32)27-20)30-22(33)17-2-1-16(13-18(17)23(30)34)39-8-5-15-14-26-28-29(15)7-10-38-12-11-37-9-6-25-24(35)36/h1-2,13-14,19,25H,3-12H2,(H,35,36)(H,27,31,32). The van der Waals surface area contributed by atoms with E-state index in [1.807, 2.05) is 0 Å². The number of amides is 5. The summed E-state index contributed by atoms with van der Waals surface area (Å²) in [5, 5.41) is 20.8. The third-order valence-electron chi connectivity index (χ3n) is 6.08. The first-order chi connectivity index (χ1) is 18.8. The van der Waals surface area contributed by atoms with E-state index >= 15 is 0 Å². The molecule has 2 aliphatic rings. The summed E-state index contributed by atoms with van der Waals surface area (Å²) in [6.07, 6.45) is 1.13. The van der Waals surface area contributed by atoms with E-state index in [0.29, 0.717) is 38.5 Å². The minimum atomic E-state index is -1.10. The van der Waals surface area contributed by atoms with Crippen LogP contribution in [0.2, 0.25) is 0 Å². The van der Waals surface area contributed by atoms with Gasteiger partial charge in [-0.15, -0.1) is 5.10 Å².